The van der Waals surface area contributed by atoms with E-state index < -0.39 is 10.0 Å². The van der Waals surface area contributed by atoms with Gasteiger partial charge in [-0.25, -0.2) is 8.42 Å². The summed E-state index contributed by atoms with van der Waals surface area (Å²) in [5.74, 6) is 0.133. The maximum Gasteiger partial charge on any atom is 0.218 e. The summed E-state index contributed by atoms with van der Waals surface area (Å²) in [7, 11) is -3.15. The Morgan fingerprint density at radius 2 is 2.00 bits per heavy atom. The number of nitrogens with zero attached hydrogens (tertiary/aromatic N) is 1. The van der Waals surface area contributed by atoms with Crippen LogP contribution in [0.1, 0.15) is 38.2 Å². The molecule has 0 bridgehead atoms. The molecule has 1 aromatic carbocycles. The Balaban J connectivity index is 2.11. The largest absolute Gasteiger partial charge is 0.218 e. The van der Waals surface area contributed by atoms with Gasteiger partial charge in [-0.05, 0) is 24.8 Å². The van der Waals surface area contributed by atoms with Gasteiger partial charge in [0, 0.05) is 12.6 Å². The monoisotopic (exact) mass is 267 g/mol. The van der Waals surface area contributed by atoms with Crippen molar-refractivity contribution in [3.05, 3.63) is 35.9 Å². The molecule has 2 rings (SSSR count). The zero-order valence-electron chi connectivity index (χ0n) is 10.9. The van der Waals surface area contributed by atoms with E-state index >= 15 is 0 Å². The topological polar surface area (TPSA) is 37.4 Å². The lowest BCUT2D eigenvalue weighted by atomic mass is 10.1. The summed E-state index contributed by atoms with van der Waals surface area (Å²) < 4.78 is 26.6. The molecule has 0 spiro atoms. The number of rotatable bonds is 5. The van der Waals surface area contributed by atoms with Crippen LogP contribution >= 0.6 is 0 Å². The Bertz CT molecular complexity index is 470. The Hall–Kier alpha value is -0.870. The second-order valence-corrected chi connectivity index (χ2v) is 6.86. The highest BCUT2D eigenvalue weighted by molar-refractivity contribution is 7.88. The third-order valence-electron chi connectivity index (χ3n) is 3.49. The first kappa shape index (κ1) is 13.6. The first-order chi connectivity index (χ1) is 8.63. The summed E-state index contributed by atoms with van der Waals surface area (Å²) >= 11 is 0. The molecule has 0 radical (unpaired) electrons. The van der Waals surface area contributed by atoms with Crippen molar-refractivity contribution in [1.82, 2.24) is 4.31 Å². The molecular weight excluding hydrogens is 246 g/mol. The molecule has 0 amide bonds. The van der Waals surface area contributed by atoms with Crippen molar-refractivity contribution in [2.75, 3.05) is 6.54 Å². The van der Waals surface area contributed by atoms with Gasteiger partial charge in [-0.1, -0.05) is 43.7 Å². The lowest BCUT2D eigenvalue weighted by Crippen LogP contribution is -2.36. The third-order valence-corrected chi connectivity index (χ3v) is 5.39. The van der Waals surface area contributed by atoms with Gasteiger partial charge >= 0.3 is 0 Å². The average Bonchev–Trinajstić information content (AvgIpc) is 2.79. The van der Waals surface area contributed by atoms with E-state index in [1.165, 1.54) is 0 Å². The van der Waals surface area contributed by atoms with Crippen LogP contribution in [-0.4, -0.2) is 25.3 Å². The highest BCUT2D eigenvalue weighted by Gasteiger charge is 2.33. The van der Waals surface area contributed by atoms with Crippen LogP contribution in [0.2, 0.25) is 0 Å². The van der Waals surface area contributed by atoms with E-state index in [0.717, 1.165) is 31.2 Å². The molecule has 0 aliphatic carbocycles. The van der Waals surface area contributed by atoms with Crippen molar-refractivity contribution in [1.29, 1.82) is 0 Å². The average molecular weight is 267 g/mol. The minimum atomic E-state index is -3.15. The second-order valence-electron chi connectivity index (χ2n) is 4.94. The first-order valence-electron chi connectivity index (χ1n) is 6.67. The minimum absolute atomic E-state index is 0.133. The van der Waals surface area contributed by atoms with Crippen LogP contribution in [-0.2, 0) is 15.8 Å². The van der Waals surface area contributed by atoms with Crippen LogP contribution < -0.4 is 0 Å². The molecule has 1 saturated heterocycles. The number of sulfonamides is 1. The fourth-order valence-electron chi connectivity index (χ4n) is 2.66. The van der Waals surface area contributed by atoms with Crippen LogP contribution in [0.25, 0.3) is 0 Å². The van der Waals surface area contributed by atoms with Gasteiger partial charge in [-0.3, -0.25) is 0 Å². The molecule has 18 heavy (non-hydrogen) atoms. The molecule has 3 nitrogen and oxygen atoms in total. The Labute approximate surface area is 110 Å². The van der Waals surface area contributed by atoms with Gasteiger partial charge in [0.05, 0.1) is 5.75 Å². The molecule has 4 heteroatoms. The molecule has 1 unspecified atom stereocenters. The first-order valence-corrected chi connectivity index (χ1v) is 8.28. The molecule has 0 N–H and O–H groups in total. The molecule has 1 atom stereocenters. The molecule has 0 saturated carbocycles. The lowest BCUT2D eigenvalue weighted by Gasteiger charge is -2.23. The van der Waals surface area contributed by atoms with Crippen molar-refractivity contribution in [2.24, 2.45) is 0 Å². The standard InChI is InChI=1S/C14H21NO2S/c1-2-7-14-10-6-11-15(14)18(16,17)12-13-8-4-3-5-9-13/h3-5,8-9,14H,2,6-7,10-12H2,1H3. The molecule has 1 heterocycles. The smallest absolute Gasteiger partial charge is 0.212 e. The van der Waals surface area contributed by atoms with Crippen LogP contribution in [0, 0.1) is 0 Å². The Morgan fingerprint density at radius 1 is 1.28 bits per heavy atom. The van der Waals surface area contributed by atoms with Gasteiger partial charge in [-0.15, -0.1) is 0 Å². The van der Waals surface area contributed by atoms with Crippen LogP contribution in [0.5, 0.6) is 0 Å². The van der Waals surface area contributed by atoms with Crippen molar-refractivity contribution in [3.63, 3.8) is 0 Å². The summed E-state index contributed by atoms with van der Waals surface area (Å²) in [6.07, 6.45) is 4.04. The Morgan fingerprint density at radius 3 is 2.67 bits per heavy atom. The Kier molecular flexibility index (Phi) is 4.40. The zero-order valence-corrected chi connectivity index (χ0v) is 11.7. The fourth-order valence-corrected chi connectivity index (χ4v) is 4.52. The van der Waals surface area contributed by atoms with Gasteiger partial charge in [0.25, 0.3) is 0 Å². The highest BCUT2D eigenvalue weighted by atomic mass is 32.2. The van der Waals surface area contributed by atoms with Crippen molar-refractivity contribution in [2.45, 2.75) is 44.4 Å². The van der Waals surface area contributed by atoms with Crippen LogP contribution in [0.4, 0.5) is 0 Å². The lowest BCUT2D eigenvalue weighted by molar-refractivity contribution is 0.367. The van der Waals surface area contributed by atoms with E-state index in [1.54, 1.807) is 4.31 Å². The van der Waals surface area contributed by atoms with Crippen molar-refractivity contribution >= 4 is 10.0 Å². The summed E-state index contributed by atoms with van der Waals surface area (Å²) in [5, 5.41) is 0. The van der Waals surface area contributed by atoms with Crippen LogP contribution in [0.3, 0.4) is 0 Å². The molecule has 1 aliphatic rings. The molecule has 100 valence electrons. The predicted octanol–water partition coefficient (Wildman–Crippen LogP) is 2.78. The van der Waals surface area contributed by atoms with E-state index in [9.17, 15) is 8.42 Å². The van der Waals surface area contributed by atoms with E-state index in [0.29, 0.717) is 6.54 Å². The summed E-state index contributed by atoms with van der Waals surface area (Å²) in [6, 6.07) is 9.66. The summed E-state index contributed by atoms with van der Waals surface area (Å²) in [4.78, 5) is 0. The highest BCUT2D eigenvalue weighted by Crippen LogP contribution is 2.26. The number of hydrogen-bond acceptors (Lipinski definition) is 2. The predicted molar refractivity (Wildman–Crippen MR) is 73.7 cm³/mol. The van der Waals surface area contributed by atoms with E-state index in [-0.39, 0.29) is 11.8 Å². The van der Waals surface area contributed by atoms with E-state index in [2.05, 4.69) is 6.92 Å². The van der Waals surface area contributed by atoms with Crippen LogP contribution in [0.15, 0.2) is 30.3 Å². The minimum Gasteiger partial charge on any atom is -0.212 e. The van der Waals surface area contributed by atoms with Gasteiger partial charge in [0.1, 0.15) is 0 Å². The second kappa shape index (κ2) is 5.85. The van der Waals surface area contributed by atoms with Crippen molar-refractivity contribution < 1.29 is 8.42 Å². The zero-order chi connectivity index (χ0) is 13.0. The molecule has 0 aromatic heterocycles. The molecule has 1 aliphatic heterocycles. The normalized spacial score (nSPS) is 21.3. The fraction of sp³-hybridized carbons (Fsp3) is 0.571. The van der Waals surface area contributed by atoms with Gasteiger partial charge in [-0.2, -0.15) is 4.31 Å². The molecule has 1 aromatic rings. The van der Waals surface area contributed by atoms with E-state index in [1.807, 2.05) is 30.3 Å². The quantitative estimate of drug-likeness (QED) is 0.822. The summed E-state index contributed by atoms with van der Waals surface area (Å²) in [6.45, 7) is 2.81. The number of hydrogen-bond donors (Lipinski definition) is 0. The maximum absolute atomic E-state index is 12.4. The van der Waals surface area contributed by atoms with Gasteiger partial charge in [0.2, 0.25) is 10.0 Å². The SMILES string of the molecule is CCCC1CCCN1S(=O)(=O)Cc1ccccc1. The maximum atomic E-state index is 12.4. The summed E-state index contributed by atoms with van der Waals surface area (Å²) in [5.41, 5.74) is 0.875. The van der Waals surface area contributed by atoms with Crippen molar-refractivity contribution in [3.8, 4) is 0 Å². The molecular formula is C14H21NO2S. The third kappa shape index (κ3) is 3.12. The molecule has 1 fully saturated rings. The van der Waals surface area contributed by atoms with Gasteiger partial charge < -0.3 is 0 Å². The number of benzene rings is 1. The van der Waals surface area contributed by atoms with Gasteiger partial charge in [0.15, 0.2) is 0 Å². The van der Waals surface area contributed by atoms with E-state index in [4.69, 9.17) is 0 Å².